The first-order chi connectivity index (χ1) is 13.7. The van der Waals surface area contributed by atoms with Crippen molar-refractivity contribution in [1.82, 2.24) is 9.55 Å². The number of rotatable bonds is 4. The van der Waals surface area contributed by atoms with Crippen LogP contribution >= 0.6 is 22.7 Å². The van der Waals surface area contributed by atoms with Gasteiger partial charge in [-0.25, -0.2) is 9.37 Å². The lowest BCUT2D eigenvalue weighted by molar-refractivity contribution is 0.101. The minimum atomic E-state index is -0.285. The van der Waals surface area contributed by atoms with Gasteiger partial charge in [0.2, 0.25) is 0 Å². The third-order valence-electron chi connectivity index (χ3n) is 4.50. The monoisotopic (exact) mass is 407 g/mol. The van der Waals surface area contributed by atoms with Crippen molar-refractivity contribution < 1.29 is 9.18 Å². The van der Waals surface area contributed by atoms with E-state index in [-0.39, 0.29) is 11.7 Å². The van der Waals surface area contributed by atoms with Crippen molar-refractivity contribution in [2.24, 2.45) is 0 Å². The minimum absolute atomic E-state index is 0.223. The van der Waals surface area contributed by atoms with E-state index in [1.54, 1.807) is 17.4 Å². The van der Waals surface area contributed by atoms with E-state index in [1.807, 2.05) is 52.4 Å². The third-order valence-corrected chi connectivity index (χ3v) is 6.30. The third kappa shape index (κ3) is 3.08. The Morgan fingerprint density at radius 2 is 1.96 bits per heavy atom. The Hall–Kier alpha value is -3.03. The molecule has 5 aromatic rings. The van der Waals surface area contributed by atoms with Crippen molar-refractivity contribution in [3.05, 3.63) is 83.1 Å². The molecule has 1 N–H and O–H groups in total. The van der Waals surface area contributed by atoms with Crippen LogP contribution in [-0.2, 0) is 6.54 Å². The van der Waals surface area contributed by atoms with Crippen LogP contribution < -0.4 is 5.32 Å². The van der Waals surface area contributed by atoms with Gasteiger partial charge in [0.1, 0.15) is 11.5 Å². The molecule has 0 unspecified atom stereocenters. The molecule has 5 rings (SSSR count). The first kappa shape index (κ1) is 17.1. The molecule has 0 aliphatic rings. The highest BCUT2D eigenvalue weighted by Gasteiger charge is 2.18. The molecule has 0 saturated heterocycles. The van der Waals surface area contributed by atoms with E-state index in [9.17, 15) is 9.18 Å². The second-order valence-electron chi connectivity index (χ2n) is 6.36. The lowest BCUT2D eigenvalue weighted by Gasteiger charge is -2.10. The van der Waals surface area contributed by atoms with Crippen LogP contribution in [0, 0.1) is 5.82 Å². The van der Waals surface area contributed by atoms with Crippen molar-refractivity contribution in [3.63, 3.8) is 0 Å². The summed E-state index contributed by atoms with van der Waals surface area (Å²) >= 11 is 3.02. The van der Waals surface area contributed by atoms with Gasteiger partial charge in [-0.15, -0.1) is 11.3 Å². The number of thiophene rings is 1. The van der Waals surface area contributed by atoms with E-state index in [2.05, 4.69) is 10.3 Å². The molecule has 7 heteroatoms. The summed E-state index contributed by atoms with van der Waals surface area (Å²) in [7, 11) is 0. The summed E-state index contributed by atoms with van der Waals surface area (Å²) < 4.78 is 17.6. The largest absolute Gasteiger partial charge is 0.331 e. The molecular formula is C21H14FN3OS2. The Labute approximate surface area is 167 Å². The van der Waals surface area contributed by atoms with Crippen LogP contribution in [0.5, 0.6) is 0 Å². The van der Waals surface area contributed by atoms with Crippen molar-refractivity contribution in [2.75, 3.05) is 5.32 Å². The van der Waals surface area contributed by atoms with Crippen LogP contribution in [0.15, 0.2) is 66.0 Å². The van der Waals surface area contributed by atoms with E-state index < -0.39 is 0 Å². The molecule has 0 radical (unpaired) electrons. The summed E-state index contributed by atoms with van der Waals surface area (Å²) in [4.78, 5) is 17.5. The fourth-order valence-corrected chi connectivity index (χ4v) is 4.92. The SMILES string of the molecule is O=C(Nc1nc2ccccc2s1)c1cc2sccc2n1Cc1cccc(F)c1. The molecule has 1 amide bonds. The Balaban J connectivity index is 1.50. The average molecular weight is 407 g/mol. The van der Waals surface area contributed by atoms with Crippen LogP contribution in [0.25, 0.3) is 20.4 Å². The number of aromatic nitrogens is 2. The molecule has 3 heterocycles. The number of halogens is 1. The maximum Gasteiger partial charge on any atom is 0.274 e. The predicted octanol–water partition coefficient (Wildman–Crippen LogP) is 5.75. The summed E-state index contributed by atoms with van der Waals surface area (Å²) in [5.41, 5.74) is 3.16. The van der Waals surface area contributed by atoms with Gasteiger partial charge in [-0.1, -0.05) is 35.6 Å². The summed E-state index contributed by atoms with van der Waals surface area (Å²) in [6, 6.07) is 18.1. The van der Waals surface area contributed by atoms with Crippen LogP contribution in [0.1, 0.15) is 16.1 Å². The molecule has 4 nitrogen and oxygen atoms in total. The fraction of sp³-hybridized carbons (Fsp3) is 0.0476. The molecule has 0 aliphatic heterocycles. The number of amides is 1. The van der Waals surface area contributed by atoms with Crippen LogP contribution in [0.3, 0.4) is 0 Å². The van der Waals surface area contributed by atoms with Gasteiger partial charge in [-0.05, 0) is 47.3 Å². The number of fused-ring (bicyclic) bond motifs is 2. The zero-order chi connectivity index (χ0) is 19.1. The van der Waals surface area contributed by atoms with Crippen LogP contribution in [0.2, 0.25) is 0 Å². The number of hydrogen-bond acceptors (Lipinski definition) is 4. The zero-order valence-electron chi connectivity index (χ0n) is 14.6. The second kappa shape index (κ2) is 6.85. The number of benzene rings is 2. The van der Waals surface area contributed by atoms with Crippen LogP contribution in [0.4, 0.5) is 9.52 Å². The Morgan fingerprint density at radius 3 is 2.82 bits per heavy atom. The smallest absolute Gasteiger partial charge is 0.274 e. The van der Waals surface area contributed by atoms with Gasteiger partial charge >= 0.3 is 0 Å². The maximum absolute atomic E-state index is 13.6. The van der Waals surface area contributed by atoms with Crippen molar-refractivity contribution in [2.45, 2.75) is 6.54 Å². The Morgan fingerprint density at radius 1 is 1.07 bits per heavy atom. The maximum atomic E-state index is 13.6. The summed E-state index contributed by atoms with van der Waals surface area (Å²) in [5.74, 6) is -0.509. The number of thiazole rings is 1. The fourth-order valence-electron chi connectivity index (χ4n) is 3.24. The van der Waals surface area contributed by atoms with E-state index >= 15 is 0 Å². The number of anilines is 1. The molecule has 0 fully saturated rings. The van der Waals surface area contributed by atoms with Gasteiger partial charge in [0.15, 0.2) is 5.13 Å². The highest BCUT2D eigenvalue weighted by molar-refractivity contribution is 7.22. The molecular weight excluding hydrogens is 393 g/mol. The highest BCUT2D eigenvalue weighted by atomic mass is 32.1. The number of para-hydroxylation sites is 1. The number of hydrogen-bond donors (Lipinski definition) is 1. The number of carbonyl (C=O) groups excluding carboxylic acids is 1. The molecule has 0 aliphatic carbocycles. The first-order valence-corrected chi connectivity index (χ1v) is 10.3. The lowest BCUT2D eigenvalue weighted by atomic mass is 10.2. The standard InChI is InChI=1S/C21H14FN3OS2/c22-14-5-3-4-13(10-14)12-25-16-8-9-27-19(16)11-17(25)20(26)24-21-23-15-6-1-2-7-18(15)28-21/h1-11H,12H2,(H,23,24,26). The predicted molar refractivity (Wildman–Crippen MR) is 113 cm³/mol. The minimum Gasteiger partial charge on any atom is -0.331 e. The molecule has 0 saturated carbocycles. The van der Waals surface area contributed by atoms with Crippen LogP contribution in [-0.4, -0.2) is 15.5 Å². The van der Waals surface area contributed by atoms with E-state index in [0.717, 1.165) is 26.0 Å². The normalized spacial score (nSPS) is 11.3. The van der Waals surface area contributed by atoms with Gasteiger partial charge in [-0.2, -0.15) is 0 Å². The van der Waals surface area contributed by atoms with E-state index in [4.69, 9.17) is 0 Å². The molecule has 28 heavy (non-hydrogen) atoms. The van der Waals surface area contributed by atoms with Gasteiger partial charge in [-0.3, -0.25) is 10.1 Å². The molecule has 0 atom stereocenters. The Bertz CT molecular complexity index is 1280. The van der Waals surface area contributed by atoms with Gasteiger partial charge in [0, 0.05) is 6.54 Å². The molecule has 138 valence electrons. The summed E-state index contributed by atoms with van der Waals surface area (Å²) in [5, 5.41) is 5.47. The Kier molecular flexibility index (Phi) is 4.18. The molecule has 0 spiro atoms. The number of nitrogens with zero attached hydrogens (tertiary/aromatic N) is 2. The highest BCUT2D eigenvalue weighted by Crippen LogP contribution is 2.29. The second-order valence-corrected chi connectivity index (χ2v) is 8.33. The van der Waals surface area contributed by atoms with Gasteiger partial charge in [0.25, 0.3) is 5.91 Å². The van der Waals surface area contributed by atoms with E-state index in [0.29, 0.717) is 17.4 Å². The number of nitrogens with one attached hydrogen (secondary N) is 1. The lowest BCUT2D eigenvalue weighted by Crippen LogP contribution is -2.17. The topological polar surface area (TPSA) is 46.9 Å². The van der Waals surface area contributed by atoms with Crippen molar-refractivity contribution in [1.29, 1.82) is 0 Å². The zero-order valence-corrected chi connectivity index (χ0v) is 16.2. The molecule has 2 aromatic carbocycles. The number of carbonyl (C=O) groups is 1. The summed E-state index contributed by atoms with van der Waals surface area (Å²) in [6.45, 7) is 0.417. The van der Waals surface area contributed by atoms with Gasteiger partial charge < -0.3 is 4.57 Å². The molecule has 0 bridgehead atoms. The van der Waals surface area contributed by atoms with E-state index in [1.165, 1.54) is 23.5 Å². The average Bonchev–Trinajstić information content (AvgIpc) is 3.36. The van der Waals surface area contributed by atoms with Gasteiger partial charge in [0.05, 0.1) is 20.4 Å². The first-order valence-electron chi connectivity index (χ1n) is 8.65. The van der Waals surface area contributed by atoms with Crippen molar-refractivity contribution in [3.8, 4) is 0 Å². The quantitative estimate of drug-likeness (QED) is 0.412. The van der Waals surface area contributed by atoms with Crippen molar-refractivity contribution >= 4 is 54.1 Å². The molecule has 3 aromatic heterocycles. The summed E-state index contributed by atoms with van der Waals surface area (Å²) in [6.07, 6.45) is 0.